The number of rotatable bonds is 3. The number of nitrogens with zero attached hydrogens (tertiary/aromatic N) is 2. The summed E-state index contributed by atoms with van der Waals surface area (Å²) in [7, 11) is 0. The fraction of sp³-hybridized carbons (Fsp3) is 0.158. The third-order valence-electron chi connectivity index (χ3n) is 4.67. The van der Waals surface area contributed by atoms with Crippen LogP contribution in [0.15, 0.2) is 48.7 Å². The highest BCUT2D eigenvalue weighted by molar-refractivity contribution is 6.35. The molecule has 6 heteroatoms. The smallest absolute Gasteiger partial charge is 0.326 e. The van der Waals surface area contributed by atoms with E-state index in [2.05, 4.69) is 0 Å². The summed E-state index contributed by atoms with van der Waals surface area (Å²) in [6.07, 6.45) is 1.74. The van der Waals surface area contributed by atoms with Crippen molar-refractivity contribution in [2.45, 2.75) is 19.5 Å². The third kappa shape index (κ3) is 2.31. The van der Waals surface area contributed by atoms with Crippen LogP contribution in [0.2, 0.25) is 5.02 Å². The van der Waals surface area contributed by atoms with Crippen LogP contribution in [0.1, 0.15) is 28.9 Å². The molecule has 5 nitrogen and oxygen atoms in total. The van der Waals surface area contributed by atoms with Crippen molar-refractivity contribution >= 4 is 40.1 Å². The largest absolute Gasteiger partial charge is 0.480 e. The molecule has 0 bridgehead atoms. The average molecular weight is 355 g/mol. The highest BCUT2D eigenvalue weighted by Crippen LogP contribution is 2.37. The molecule has 1 amide bonds. The first-order valence-corrected chi connectivity index (χ1v) is 8.28. The highest BCUT2D eigenvalue weighted by atomic mass is 35.5. The van der Waals surface area contributed by atoms with Crippen LogP contribution in [-0.4, -0.2) is 21.6 Å². The Kier molecular flexibility index (Phi) is 3.54. The van der Waals surface area contributed by atoms with Gasteiger partial charge in [-0.05, 0) is 30.7 Å². The standard InChI is InChI=1S/C19H15ClN2O3/c1-11(19(24)25)21-9-8-12-4-3-7-15(17(12)21)22-10-13-5-2-6-14(20)16(13)18(22)23/h2-9,11H,10H2,1H3,(H,24,25). The van der Waals surface area contributed by atoms with E-state index in [9.17, 15) is 14.7 Å². The molecule has 4 rings (SSSR count). The van der Waals surface area contributed by atoms with Gasteiger partial charge in [0.25, 0.3) is 5.91 Å². The van der Waals surface area contributed by atoms with Crippen LogP contribution in [0.5, 0.6) is 0 Å². The second-order valence-corrected chi connectivity index (χ2v) is 6.52. The predicted octanol–water partition coefficient (Wildman–Crippen LogP) is 4.10. The van der Waals surface area contributed by atoms with Crippen molar-refractivity contribution < 1.29 is 14.7 Å². The normalized spacial score (nSPS) is 14.8. The molecule has 1 aromatic heterocycles. The van der Waals surface area contributed by atoms with E-state index in [4.69, 9.17) is 11.6 Å². The lowest BCUT2D eigenvalue weighted by Crippen LogP contribution is -2.24. The molecule has 0 fully saturated rings. The summed E-state index contributed by atoms with van der Waals surface area (Å²) < 4.78 is 1.69. The average Bonchev–Trinajstić information content (AvgIpc) is 3.16. The van der Waals surface area contributed by atoms with Crippen LogP contribution in [0.4, 0.5) is 5.69 Å². The van der Waals surface area contributed by atoms with Gasteiger partial charge in [0.05, 0.1) is 28.3 Å². The van der Waals surface area contributed by atoms with E-state index < -0.39 is 12.0 Å². The van der Waals surface area contributed by atoms with Crippen molar-refractivity contribution in [1.82, 2.24) is 4.57 Å². The lowest BCUT2D eigenvalue weighted by atomic mass is 10.1. The van der Waals surface area contributed by atoms with Gasteiger partial charge in [-0.3, -0.25) is 4.79 Å². The number of aliphatic carboxylic acids is 1. The molecule has 1 unspecified atom stereocenters. The molecular formula is C19H15ClN2O3. The fourth-order valence-corrected chi connectivity index (χ4v) is 3.65. The van der Waals surface area contributed by atoms with Crippen LogP contribution in [0, 0.1) is 0 Å². The number of aromatic nitrogens is 1. The summed E-state index contributed by atoms with van der Waals surface area (Å²) in [5.41, 5.74) is 2.81. The Labute approximate surface area is 149 Å². The summed E-state index contributed by atoms with van der Waals surface area (Å²) in [5, 5.41) is 10.7. The molecule has 0 saturated heterocycles. The lowest BCUT2D eigenvalue weighted by Gasteiger charge is -2.20. The summed E-state index contributed by atoms with van der Waals surface area (Å²) in [5.74, 6) is -1.09. The van der Waals surface area contributed by atoms with Gasteiger partial charge in [0, 0.05) is 11.6 Å². The number of benzene rings is 2. The molecular weight excluding hydrogens is 340 g/mol. The number of carboxylic acid groups (broad SMARTS) is 1. The van der Waals surface area contributed by atoms with E-state index >= 15 is 0 Å². The molecule has 1 N–H and O–H groups in total. The van der Waals surface area contributed by atoms with E-state index in [0.29, 0.717) is 22.8 Å². The van der Waals surface area contributed by atoms with Crippen molar-refractivity contribution in [2.75, 3.05) is 4.90 Å². The number of para-hydroxylation sites is 1. The monoisotopic (exact) mass is 354 g/mol. The van der Waals surface area contributed by atoms with E-state index in [0.717, 1.165) is 16.5 Å². The van der Waals surface area contributed by atoms with Gasteiger partial charge in [0.2, 0.25) is 0 Å². The molecule has 0 radical (unpaired) electrons. The molecule has 0 saturated carbocycles. The summed E-state index contributed by atoms with van der Waals surface area (Å²) in [4.78, 5) is 26.0. The SMILES string of the molecule is CC(C(=O)O)n1ccc2cccc(N3Cc4cccc(Cl)c4C3=O)c21. The third-order valence-corrected chi connectivity index (χ3v) is 4.99. The van der Waals surface area contributed by atoms with Gasteiger partial charge in [-0.2, -0.15) is 0 Å². The Bertz CT molecular complexity index is 1020. The van der Waals surface area contributed by atoms with E-state index in [1.54, 1.807) is 28.7 Å². The van der Waals surface area contributed by atoms with Crippen molar-refractivity contribution in [3.05, 3.63) is 64.8 Å². The maximum Gasteiger partial charge on any atom is 0.326 e. The highest BCUT2D eigenvalue weighted by Gasteiger charge is 2.32. The van der Waals surface area contributed by atoms with E-state index in [1.807, 2.05) is 36.4 Å². The zero-order valence-corrected chi connectivity index (χ0v) is 14.2. The van der Waals surface area contributed by atoms with Gasteiger partial charge < -0.3 is 14.6 Å². The van der Waals surface area contributed by atoms with Gasteiger partial charge in [-0.1, -0.05) is 35.9 Å². The van der Waals surface area contributed by atoms with Crippen LogP contribution in [0.3, 0.4) is 0 Å². The molecule has 2 aromatic carbocycles. The summed E-state index contributed by atoms with van der Waals surface area (Å²) in [6.45, 7) is 2.04. The number of hydrogen-bond donors (Lipinski definition) is 1. The Balaban J connectivity index is 1.89. The maximum atomic E-state index is 12.9. The first-order valence-electron chi connectivity index (χ1n) is 7.90. The molecule has 0 aliphatic carbocycles. The molecule has 1 aliphatic heterocycles. The predicted molar refractivity (Wildman–Crippen MR) is 96.3 cm³/mol. The van der Waals surface area contributed by atoms with E-state index in [-0.39, 0.29) is 5.91 Å². The van der Waals surface area contributed by atoms with Crippen LogP contribution < -0.4 is 4.90 Å². The molecule has 1 atom stereocenters. The quantitative estimate of drug-likeness (QED) is 0.770. The minimum atomic E-state index is -0.925. The van der Waals surface area contributed by atoms with Gasteiger partial charge in [0.15, 0.2) is 0 Å². The van der Waals surface area contributed by atoms with Gasteiger partial charge >= 0.3 is 5.97 Å². The lowest BCUT2D eigenvalue weighted by molar-refractivity contribution is -0.140. The Morgan fingerprint density at radius 3 is 2.68 bits per heavy atom. The minimum absolute atomic E-state index is 0.163. The zero-order valence-electron chi connectivity index (χ0n) is 13.4. The molecule has 0 spiro atoms. The number of carboxylic acids is 1. The molecule has 25 heavy (non-hydrogen) atoms. The first-order chi connectivity index (χ1) is 12.0. The van der Waals surface area contributed by atoms with Crippen molar-refractivity contribution in [2.24, 2.45) is 0 Å². The van der Waals surface area contributed by atoms with Crippen LogP contribution in [0.25, 0.3) is 10.9 Å². The number of halogens is 1. The molecule has 126 valence electrons. The number of anilines is 1. The molecule has 3 aromatic rings. The van der Waals surface area contributed by atoms with Crippen LogP contribution >= 0.6 is 11.6 Å². The Morgan fingerprint density at radius 2 is 1.96 bits per heavy atom. The summed E-state index contributed by atoms with van der Waals surface area (Å²) in [6, 6.07) is 12.2. The van der Waals surface area contributed by atoms with Crippen molar-refractivity contribution in [3.63, 3.8) is 0 Å². The maximum absolute atomic E-state index is 12.9. The molecule has 1 aliphatic rings. The Morgan fingerprint density at radius 1 is 1.20 bits per heavy atom. The number of amides is 1. The van der Waals surface area contributed by atoms with E-state index in [1.165, 1.54) is 0 Å². The van der Waals surface area contributed by atoms with Gasteiger partial charge in [0.1, 0.15) is 6.04 Å². The second kappa shape index (κ2) is 5.63. The topological polar surface area (TPSA) is 62.5 Å². The van der Waals surface area contributed by atoms with Crippen molar-refractivity contribution in [1.29, 1.82) is 0 Å². The minimum Gasteiger partial charge on any atom is -0.480 e. The van der Waals surface area contributed by atoms with Gasteiger partial charge in [-0.25, -0.2) is 4.79 Å². The molecule has 2 heterocycles. The van der Waals surface area contributed by atoms with Gasteiger partial charge in [-0.15, -0.1) is 0 Å². The Hall–Kier alpha value is -2.79. The second-order valence-electron chi connectivity index (χ2n) is 6.12. The summed E-state index contributed by atoms with van der Waals surface area (Å²) >= 11 is 6.21. The van der Waals surface area contributed by atoms with Crippen LogP contribution in [-0.2, 0) is 11.3 Å². The number of carbonyl (C=O) groups is 2. The number of hydrogen-bond acceptors (Lipinski definition) is 2. The number of fused-ring (bicyclic) bond motifs is 2. The van der Waals surface area contributed by atoms with Crippen molar-refractivity contribution in [3.8, 4) is 0 Å². The first kappa shape index (κ1) is 15.7. The zero-order chi connectivity index (χ0) is 17.7. The fourth-order valence-electron chi connectivity index (χ4n) is 3.37. The number of carbonyl (C=O) groups excluding carboxylic acids is 1.